The summed E-state index contributed by atoms with van der Waals surface area (Å²) >= 11 is 3.58. The molecule has 5 heteroatoms. The van der Waals surface area contributed by atoms with Gasteiger partial charge in [-0.1, -0.05) is 28.8 Å². The molecule has 0 spiro atoms. The minimum absolute atomic E-state index is 0.0120. The van der Waals surface area contributed by atoms with E-state index in [1.807, 2.05) is 7.05 Å². The molecule has 0 radical (unpaired) electrons. The Labute approximate surface area is 116 Å². The van der Waals surface area contributed by atoms with Gasteiger partial charge in [0.15, 0.2) is 0 Å². The lowest BCUT2D eigenvalue weighted by Crippen LogP contribution is -2.34. The highest BCUT2D eigenvalue weighted by molar-refractivity contribution is 9.09. The fourth-order valence-electron chi connectivity index (χ4n) is 2.62. The smallest absolute Gasteiger partial charge is 0.254 e. The number of halogens is 1. The summed E-state index contributed by atoms with van der Waals surface area (Å²) in [7, 11) is 1.82. The van der Waals surface area contributed by atoms with Gasteiger partial charge in [0.2, 0.25) is 0 Å². The van der Waals surface area contributed by atoms with Gasteiger partial charge in [0.1, 0.15) is 0 Å². The first-order valence-electron chi connectivity index (χ1n) is 6.53. The number of aryl methyl sites for hydroxylation is 1. The van der Waals surface area contributed by atoms with Crippen LogP contribution in [0.1, 0.15) is 36.0 Å². The van der Waals surface area contributed by atoms with Crippen LogP contribution >= 0.6 is 15.9 Å². The molecule has 1 saturated carbocycles. The summed E-state index contributed by atoms with van der Waals surface area (Å²) in [5, 5.41) is 8.09. The van der Waals surface area contributed by atoms with E-state index in [0.717, 1.165) is 11.9 Å². The second-order valence-corrected chi connectivity index (χ2v) is 5.72. The molecule has 1 N–H and O–H groups in total. The van der Waals surface area contributed by atoms with Crippen molar-refractivity contribution < 1.29 is 4.79 Å². The van der Waals surface area contributed by atoms with Crippen molar-refractivity contribution in [2.75, 3.05) is 11.9 Å². The summed E-state index contributed by atoms with van der Waals surface area (Å²) in [6.07, 6.45) is 8.47. The average molecular weight is 314 g/mol. The van der Waals surface area contributed by atoms with E-state index in [4.69, 9.17) is 0 Å². The molecule has 18 heavy (non-hydrogen) atoms. The van der Waals surface area contributed by atoms with Crippen LogP contribution in [0.3, 0.4) is 0 Å². The van der Waals surface area contributed by atoms with Crippen molar-refractivity contribution >= 4 is 21.8 Å². The van der Waals surface area contributed by atoms with Gasteiger partial charge in [0, 0.05) is 25.1 Å². The summed E-state index contributed by atoms with van der Waals surface area (Å²) in [5.74, 6) is 1.30. The first-order valence-corrected chi connectivity index (χ1v) is 7.65. The van der Waals surface area contributed by atoms with Crippen LogP contribution in [0.5, 0.6) is 0 Å². The third kappa shape index (κ3) is 3.34. The second kappa shape index (κ2) is 6.36. The van der Waals surface area contributed by atoms with E-state index in [-0.39, 0.29) is 5.91 Å². The molecule has 1 aliphatic carbocycles. The highest BCUT2D eigenvalue weighted by atomic mass is 79.9. The molecule has 2 atom stereocenters. The summed E-state index contributed by atoms with van der Waals surface area (Å²) in [6, 6.07) is 0. The Balaban J connectivity index is 1.85. The van der Waals surface area contributed by atoms with Gasteiger partial charge >= 0.3 is 0 Å². The maximum absolute atomic E-state index is 11.9. The number of amides is 1. The van der Waals surface area contributed by atoms with Crippen molar-refractivity contribution in [3.8, 4) is 0 Å². The van der Waals surface area contributed by atoms with E-state index >= 15 is 0 Å². The maximum atomic E-state index is 11.9. The molecule has 4 nitrogen and oxygen atoms in total. The Morgan fingerprint density at radius 2 is 2.22 bits per heavy atom. The third-order valence-corrected chi connectivity index (χ3v) is 4.59. The minimum atomic E-state index is -0.0120. The number of nitrogens with one attached hydrogen (secondary N) is 1. The molecule has 0 bridgehead atoms. The number of carbonyl (C=O) groups excluding carboxylic acids is 1. The number of hydrogen-bond donors (Lipinski definition) is 1. The molecular weight excluding hydrogens is 294 g/mol. The lowest BCUT2D eigenvalue weighted by molar-refractivity contribution is 0.0937. The van der Waals surface area contributed by atoms with Gasteiger partial charge in [0.25, 0.3) is 5.91 Å². The molecule has 2 rings (SSSR count). The van der Waals surface area contributed by atoms with Crippen LogP contribution < -0.4 is 5.32 Å². The van der Waals surface area contributed by atoms with Gasteiger partial charge < -0.3 is 5.32 Å². The monoisotopic (exact) mass is 313 g/mol. The molecule has 0 aliphatic heterocycles. The van der Waals surface area contributed by atoms with Gasteiger partial charge in [-0.15, -0.1) is 0 Å². The maximum Gasteiger partial charge on any atom is 0.254 e. The Morgan fingerprint density at radius 3 is 2.83 bits per heavy atom. The normalized spacial score (nSPS) is 23.9. The molecule has 2 unspecified atom stereocenters. The lowest BCUT2D eigenvalue weighted by Gasteiger charge is -2.30. The molecular formula is C13H20BrN3O. The van der Waals surface area contributed by atoms with E-state index in [1.54, 1.807) is 17.1 Å². The van der Waals surface area contributed by atoms with Crippen LogP contribution in [0, 0.1) is 11.8 Å². The van der Waals surface area contributed by atoms with E-state index < -0.39 is 0 Å². The SMILES string of the molecule is Cn1cc(C(=O)NCC2CCCCC2CBr)cn1. The van der Waals surface area contributed by atoms with Gasteiger partial charge in [-0.05, 0) is 24.7 Å². The van der Waals surface area contributed by atoms with Gasteiger partial charge in [-0.2, -0.15) is 5.10 Å². The van der Waals surface area contributed by atoms with Gasteiger partial charge in [-0.25, -0.2) is 0 Å². The Kier molecular flexibility index (Phi) is 4.80. The lowest BCUT2D eigenvalue weighted by atomic mass is 9.80. The Hall–Kier alpha value is -0.840. The van der Waals surface area contributed by atoms with E-state index in [1.165, 1.54) is 25.7 Å². The van der Waals surface area contributed by atoms with E-state index in [9.17, 15) is 4.79 Å². The van der Waals surface area contributed by atoms with Crippen LogP contribution in [0.25, 0.3) is 0 Å². The van der Waals surface area contributed by atoms with Crippen molar-refractivity contribution in [3.63, 3.8) is 0 Å². The standard InChI is InChI=1S/C13H20BrN3O/c1-17-9-12(8-16-17)13(18)15-7-11-5-3-2-4-10(11)6-14/h8-11H,2-7H2,1H3,(H,15,18). The van der Waals surface area contributed by atoms with E-state index in [2.05, 4.69) is 26.3 Å². The highest BCUT2D eigenvalue weighted by Crippen LogP contribution is 2.30. The van der Waals surface area contributed by atoms with Crippen molar-refractivity contribution in [1.29, 1.82) is 0 Å². The van der Waals surface area contributed by atoms with Crippen molar-refractivity contribution in [1.82, 2.24) is 15.1 Å². The zero-order valence-corrected chi connectivity index (χ0v) is 12.3. The predicted octanol–water partition coefficient (Wildman–Crippen LogP) is 2.35. The number of nitrogens with zero attached hydrogens (tertiary/aromatic N) is 2. The largest absolute Gasteiger partial charge is 0.352 e. The van der Waals surface area contributed by atoms with Crippen LogP contribution in [-0.4, -0.2) is 27.6 Å². The summed E-state index contributed by atoms with van der Waals surface area (Å²) in [4.78, 5) is 11.9. The van der Waals surface area contributed by atoms with Crippen molar-refractivity contribution in [2.45, 2.75) is 25.7 Å². The van der Waals surface area contributed by atoms with Crippen LogP contribution in [0.4, 0.5) is 0 Å². The molecule has 100 valence electrons. The average Bonchev–Trinajstić information content (AvgIpc) is 2.83. The van der Waals surface area contributed by atoms with Crippen LogP contribution in [0.2, 0.25) is 0 Å². The molecule has 1 fully saturated rings. The third-order valence-electron chi connectivity index (χ3n) is 3.76. The fourth-order valence-corrected chi connectivity index (χ4v) is 3.47. The van der Waals surface area contributed by atoms with E-state index in [0.29, 0.717) is 17.4 Å². The van der Waals surface area contributed by atoms with Crippen LogP contribution in [-0.2, 0) is 7.05 Å². The molecule has 1 aliphatic rings. The van der Waals surface area contributed by atoms with Crippen molar-refractivity contribution in [3.05, 3.63) is 18.0 Å². The molecule has 1 heterocycles. The first-order chi connectivity index (χ1) is 8.70. The Morgan fingerprint density at radius 1 is 1.50 bits per heavy atom. The summed E-state index contributed by atoms with van der Waals surface area (Å²) in [5.41, 5.74) is 0.642. The number of alkyl halides is 1. The fraction of sp³-hybridized carbons (Fsp3) is 0.692. The number of hydrogen-bond acceptors (Lipinski definition) is 2. The zero-order chi connectivity index (χ0) is 13.0. The molecule has 1 aromatic rings. The number of aromatic nitrogens is 2. The Bertz CT molecular complexity index is 405. The minimum Gasteiger partial charge on any atom is -0.352 e. The first kappa shape index (κ1) is 13.6. The molecule has 1 aromatic heterocycles. The zero-order valence-electron chi connectivity index (χ0n) is 10.7. The van der Waals surface area contributed by atoms with Crippen LogP contribution in [0.15, 0.2) is 12.4 Å². The predicted molar refractivity (Wildman–Crippen MR) is 74.8 cm³/mol. The topological polar surface area (TPSA) is 46.9 Å². The van der Waals surface area contributed by atoms with Gasteiger partial charge in [-0.3, -0.25) is 9.48 Å². The highest BCUT2D eigenvalue weighted by Gasteiger charge is 2.24. The van der Waals surface area contributed by atoms with Gasteiger partial charge in [0.05, 0.1) is 11.8 Å². The number of carbonyl (C=O) groups is 1. The summed E-state index contributed by atoms with van der Waals surface area (Å²) in [6.45, 7) is 0.782. The van der Waals surface area contributed by atoms with Crippen molar-refractivity contribution in [2.24, 2.45) is 18.9 Å². The quantitative estimate of drug-likeness (QED) is 0.867. The molecule has 0 saturated heterocycles. The molecule has 1 amide bonds. The molecule has 0 aromatic carbocycles. The second-order valence-electron chi connectivity index (χ2n) is 5.07. The number of rotatable bonds is 4. The summed E-state index contributed by atoms with van der Waals surface area (Å²) < 4.78 is 1.65.